The normalized spacial score (nSPS) is 15.4. The molecule has 1 aromatic carbocycles. The molecular formula is C17H17ClF3N3O. The molecule has 1 heterocycles. The van der Waals surface area contributed by atoms with Gasteiger partial charge in [-0.2, -0.15) is 18.2 Å². The molecule has 0 radical (unpaired) electrons. The third kappa shape index (κ3) is 3.98. The van der Waals surface area contributed by atoms with Gasteiger partial charge < -0.3 is 9.64 Å². The van der Waals surface area contributed by atoms with Crippen LogP contribution in [0, 0.1) is 0 Å². The van der Waals surface area contributed by atoms with E-state index in [2.05, 4.69) is 9.97 Å². The summed E-state index contributed by atoms with van der Waals surface area (Å²) >= 11 is 6.12. The Labute approximate surface area is 148 Å². The van der Waals surface area contributed by atoms with Crippen LogP contribution < -0.4 is 9.64 Å². The van der Waals surface area contributed by atoms with Crippen molar-refractivity contribution in [1.29, 1.82) is 0 Å². The molecular weight excluding hydrogens is 355 g/mol. The topological polar surface area (TPSA) is 38.2 Å². The van der Waals surface area contributed by atoms with E-state index in [1.807, 2.05) is 0 Å². The summed E-state index contributed by atoms with van der Waals surface area (Å²) in [5, 5.41) is 0.329. The molecule has 1 aliphatic rings. The third-order valence-corrected chi connectivity index (χ3v) is 4.48. The van der Waals surface area contributed by atoms with E-state index in [1.54, 1.807) is 24.3 Å². The minimum absolute atomic E-state index is 0.0461. The Bertz CT molecular complexity index is 748. The van der Waals surface area contributed by atoms with E-state index in [0.717, 1.165) is 31.9 Å². The lowest BCUT2D eigenvalue weighted by atomic mass is 10.2. The van der Waals surface area contributed by atoms with E-state index in [-0.39, 0.29) is 17.9 Å². The molecule has 134 valence electrons. The number of nitrogens with zero attached hydrogens (tertiary/aromatic N) is 3. The summed E-state index contributed by atoms with van der Waals surface area (Å²) in [7, 11) is 1.48. The van der Waals surface area contributed by atoms with E-state index in [9.17, 15) is 13.2 Å². The minimum Gasteiger partial charge on any atom is -0.460 e. The van der Waals surface area contributed by atoms with Crippen molar-refractivity contribution in [1.82, 2.24) is 9.97 Å². The fraction of sp³-hybridized carbons (Fsp3) is 0.412. The van der Waals surface area contributed by atoms with Crippen LogP contribution in [-0.2, 0) is 6.18 Å². The molecule has 1 saturated carbocycles. The lowest BCUT2D eigenvalue weighted by Crippen LogP contribution is -2.21. The number of aromatic nitrogens is 2. The first-order valence-electron chi connectivity index (χ1n) is 7.95. The third-order valence-electron chi connectivity index (χ3n) is 4.16. The smallest absolute Gasteiger partial charge is 0.421 e. The van der Waals surface area contributed by atoms with Crippen LogP contribution in [0.15, 0.2) is 30.5 Å². The molecule has 0 atom stereocenters. The molecule has 1 aromatic heterocycles. The zero-order chi connectivity index (χ0) is 18.0. The monoisotopic (exact) mass is 371 g/mol. The zero-order valence-electron chi connectivity index (χ0n) is 13.6. The van der Waals surface area contributed by atoms with E-state index >= 15 is 0 Å². The molecule has 3 rings (SSSR count). The van der Waals surface area contributed by atoms with Crippen LogP contribution in [0.4, 0.5) is 24.7 Å². The van der Waals surface area contributed by atoms with Gasteiger partial charge in [-0.15, -0.1) is 0 Å². The highest BCUT2D eigenvalue weighted by atomic mass is 35.5. The Hall–Kier alpha value is -2.02. The van der Waals surface area contributed by atoms with Crippen LogP contribution in [0.3, 0.4) is 0 Å². The minimum atomic E-state index is -4.59. The molecule has 1 aliphatic carbocycles. The maximum atomic E-state index is 13.4. The number of para-hydroxylation sites is 1. The quantitative estimate of drug-likeness (QED) is 0.736. The van der Waals surface area contributed by atoms with Gasteiger partial charge >= 0.3 is 12.2 Å². The number of hydrogen-bond donors (Lipinski definition) is 0. The van der Waals surface area contributed by atoms with E-state index < -0.39 is 11.7 Å². The van der Waals surface area contributed by atoms with E-state index in [0.29, 0.717) is 10.7 Å². The van der Waals surface area contributed by atoms with Gasteiger partial charge in [0.15, 0.2) is 5.82 Å². The molecule has 0 bridgehead atoms. The fourth-order valence-corrected chi connectivity index (χ4v) is 3.13. The van der Waals surface area contributed by atoms with Crippen LogP contribution in [0.5, 0.6) is 6.01 Å². The predicted molar refractivity (Wildman–Crippen MR) is 89.4 cm³/mol. The average Bonchev–Trinajstić information content (AvgIpc) is 3.06. The standard InChI is InChI=1S/C17H17ClF3N3O/c1-24(14-9-5-4-8-13(14)18)15-12(17(19,20)21)10-22-16(23-15)25-11-6-2-3-7-11/h4-5,8-11H,2-3,6-7H2,1H3. The SMILES string of the molecule is CN(c1ccccc1Cl)c1nc(OC2CCCC2)ncc1C(F)(F)F. The van der Waals surface area contributed by atoms with Crippen molar-refractivity contribution in [2.75, 3.05) is 11.9 Å². The van der Waals surface area contributed by atoms with Crippen molar-refractivity contribution >= 4 is 23.1 Å². The van der Waals surface area contributed by atoms with Gasteiger partial charge in [0.05, 0.1) is 10.7 Å². The summed E-state index contributed by atoms with van der Waals surface area (Å²) in [4.78, 5) is 9.09. The maximum Gasteiger partial charge on any atom is 0.421 e. The number of hydrogen-bond acceptors (Lipinski definition) is 4. The van der Waals surface area contributed by atoms with Gasteiger partial charge in [-0.3, -0.25) is 0 Å². The van der Waals surface area contributed by atoms with E-state index in [1.165, 1.54) is 11.9 Å². The number of ether oxygens (including phenoxy) is 1. The molecule has 8 heteroatoms. The summed E-state index contributed by atoms with van der Waals surface area (Å²) in [6, 6.07) is 6.59. The Morgan fingerprint density at radius 3 is 2.52 bits per heavy atom. The highest BCUT2D eigenvalue weighted by molar-refractivity contribution is 6.33. The lowest BCUT2D eigenvalue weighted by Gasteiger charge is -2.23. The molecule has 1 fully saturated rings. The van der Waals surface area contributed by atoms with Crippen LogP contribution in [-0.4, -0.2) is 23.1 Å². The van der Waals surface area contributed by atoms with Gasteiger partial charge in [-0.1, -0.05) is 23.7 Å². The van der Waals surface area contributed by atoms with Crippen molar-refractivity contribution in [3.8, 4) is 6.01 Å². The average molecular weight is 372 g/mol. The van der Waals surface area contributed by atoms with E-state index in [4.69, 9.17) is 16.3 Å². The van der Waals surface area contributed by atoms with Crippen molar-refractivity contribution in [3.05, 3.63) is 41.0 Å². The fourth-order valence-electron chi connectivity index (χ4n) is 2.86. The summed E-state index contributed by atoms with van der Waals surface area (Å²) in [6.07, 6.45) is -0.0677. The molecule has 0 spiro atoms. The molecule has 0 saturated heterocycles. The summed E-state index contributed by atoms with van der Waals surface area (Å²) in [5.41, 5.74) is -0.520. The molecule has 0 amide bonds. The van der Waals surface area contributed by atoms with Crippen LogP contribution in [0.2, 0.25) is 5.02 Å². The molecule has 0 unspecified atom stereocenters. The number of alkyl halides is 3. The first-order chi connectivity index (χ1) is 11.9. The first kappa shape index (κ1) is 17.8. The predicted octanol–water partition coefficient (Wildman–Crippen LogP) is 5.24. The largest absolute Gasteiger partial charge is 0.460 e. The summed E-state index contributed by atoms with van der Waals surface area (Å²) in [6.45, 7) is 0. The second-order valence-corrected chi connectivity index (χ2v) is 6.33. The second-order valence-electron chi connectivity index (χ2n) is 5.92. The number of benzene rings is 1. The summed E-state index contributed by atoms with van der Waals surface area (Å²) in [5.74, 6) is -0.288. The van der Waals surface area contributed by atoms with Gasteiger partial charge in [-0.05, 0) is 37.8 Å². The van der Waals surface area contributed by atoms with Crippen LogP contribution in [0.25, 0.3) is 0 Å². The van der Waals surface area contributed by atoms with Crippen molar-refractivity contribution in [2.45, 2.75) is 38.0 Å². The molecule has 0 aliphatic heterocycles. The van der Waals surface area contributed by atoms with Crippen LogP contribution >= 0.6 is 11.6 Å². The van der Waals surface area contributed by atoms with Crippen molar-refractivity contribution in [3.63, 3.8) is 0 Å². The van der Waals surface area contributed by atoms with Gasteiger partial charge in [0, 0.05) is 13.2 Å². The van der Waals surface area contributed by atoms with Crippen molar-refractivity contribution in [2.24, 2.45) is 0 Å². The van der Waals surface area contributed by atoms with Crippen molar-refractivity contribution < 1.29 is 17.9 Å². The zero-order valence-corrected chi connectivity index (χ0v) is 14.3. The molecule has 0 N–H and O–H groups in total. The number of halogens is 4. The Kier molecular flexibility index (Phi) is 5.03. The molecule has 2 aromatic rings. The first-order valence-corrected chi connectivity index (χ1v) is 8.33. The Morgan fingerprint density at radius 2 is 1.88 bits per heavy atom. The van der Waals surface area contributed by atoms with Gasteiger partial charge in [0.2, 0.25) is 0 Å². The molecule has 25 heavy (non-hydrogen) atoms. The Balaban J connectivity index is 2.00. The van der Waals surface area contributed by atoms with Crippen LogP contribution in [0.1, 0.15) is 31.2 Å². The van der Waals surface area contributed by atoms with Gasteiger partial charge in [-0.25, -0.2) is 4.98 Å². The summed E-state index contributed by atoms with van der Waals surface area (Å²) < 4.78 is 45.8. The maximum absolute atomic E-state index is 13.4. The number of anilines is 2. The number of rotatable bonds is 4. The lowest BCUT2D eigenvalue weighted by molar-refractivity contribution is -0.137. The highest BCUT2D eigenvalue weighted by Gasteiger charge is 2.37. The van der Waals surface area contributed by atoms with Gasteiger partial charge in [0.25, 0.3) is 0 Å². The van der Waals surface area contributed by atoms with Gasteiger partial charge in [0.1, 0.15) is 11.7 Å². The highest BCUT2D eigenvalue weighted by Crippen LogP contribution is 2.39. The second kappa shape index (κ2) is 7.07. The molecule has 4 nitrogen and oxygen atoms in total. The Morgan fingerprint density at radius 1 is 1.20 bits per heavy atom.